The Hall–Kier alpha value is -0.770. The third kappa shape index (κ3) is 2.11. The monoisotopic (exact) mass is 171 g/mol. The average Bonchev–Trinajstić information content (AvgIpc) is 2.05. The lowest BCUT2D eigenvalue weighted by molar-refractivity contribution is 0.212. The topological polar surface area (TPSA) is 81.1 Å². The first-order valence-electron chi connectivity index (χ1n) is 4.46. The lowest BCUT2D eigenvalue weighted by atomic mass is 9.82. The molecule has 0 aromatic rings. The first-order valence-corrected chi connectivity index (χ1v) is 4.46. The van der Waals surface area contributed by atoms with Gasteiger partial charge in [-0.1, -0.05) is 19.3 Å². The molecule has 0 unspecified atom stereocenters. The van der Waals surface area contributed by atoms with E-state index >= 15 is 0 Å². The summed E-state index contributed by atoms with van der Waals surface area (Å²) in [4.78, 5) is 10.7. The van der Waals surface area contributed by atoms with E-state index in [1.165, 1.54) is 6.42 Å². The molecule has 0 aliphatic heterocycles. The molecule has 5 N–H and O–H groups in total. The summed E-state index contributed by atoms with van der Waals surface area (Å²) >= 11 is 0. The van der Waals surface area contributed by atoms with Gasteiger partial charge in [-0.25, -0.2) is 4.79 Å². The van der Waals surface area contributed by atoms with Crippen LogP contribution in [0.25, 0.3) is 0 Å². The van der Waals surface area contributed by atoms with Crippen molar-refractivity contribution in [1.82, 2.24) is 5.32 Å². The molecule has 1 fully saturated rings. The SMILES string of the molecule is NCC1(NC(N)=O)CCCCC1. The van der Waals surface area contributed by atoms with Gasteiger partial charge in [0.05, 0.1) is 5.54 Å². The summed E-state index contributed by atoms with van der Waals surface area (Å²) in [5.74, 6) is 0. The predicted molar refractivity (Wildman–Crippen MR) is 47.6 cm³/mol. The molecule has 0 spiro atoms. The fourth-order valence-electron chi connectivity index (χ4n) is 1.87. The van der Waals surface area contributed by atoms with Crippen molar-refractivity contribution in [2.24, 2.45) is 11.5 Å². The summed E-state index contributed by atoms with van der Waals surface area (Å²) < 4.78 is 0. The van der Waals surface area contributed by atoms with Crippen LogP contribution in [0.5, 0.6) is 0 Å². The predicted octanol–water partition coefficient (Wildman–Crippen LogP) is 0.316. The largest absolute Gasteiger partial charge is 0.352 e. The van der Waals surface area contributed by atoms with E-state index in [4.69, 9.17) is 11.5 Å². The second kappa shape index (κ2) is 3.76. The van der Waals surface area contributed by atoms with E-state index < -0.39 is 6.03 Å². The van der Waals surface area contributed by atoms with Gasteiger partial charge in [0, 0.05) is 6.54 Å². The number of carbonyl (C=O) groups is 1. The summed E-state index contributed by atoms with van der Waals surface area (Å²) in [5, 5.41) is 2.76. The summed E-state index contributed by atoms with van der Waals surface area (Å²) in [7, 11) is 0. The molecule has 0 saturated heterocycles. The molecule has 0 aromatic carbocycles. The fourth-order valence-corrected chi connectivity index (χ4v) is 1.87. The molecule has 4 nitrogen and oxygen atoms in total. The van der Waals surface area contributed by atoms with E-state index in [0.717, 1.165) is 25.7 Å². The Labute approximate surface area is 72.7 Å². The normalized spacial score (nSPS) is 21.8. The molecule has 1 saturated carbocycles. The van der Waals surface area contributed by atoms with Gasteiger partial charge in [0.2, 0.25) is 0 Å². The van der Waals surface area contributed by atoms with Crippen molar-refractivity contribution in [2.45, 2.75) is 37.6 Å². The van der Waals surface area contributed by atoms with E-state index in [1.807, 2.05) is 0 Å². The highest BCUT2D eigenvalue weighted by atomic mass is 16.2. The molecule has 2 amide bonds. The second-order valence-electron chi connectivity index (χ2n) is 3.53. The van der Waals surface area contributed by atoms with Crippen molar-refractivity contribution >= 4 is 6.03 Å². The zero-order valence-corrected chi connectivity index (χ0v) is 7.31. The van der Waals surface area contributed by atoms with Crippen LogP contribution >= 0.6 is 0 Å². The molecule has 0 atom stereocenters. The standard InChI is InChI=1S/C8H17N3O/c9-6-8(11-7(10)12)4-2-1-3-5-8/h1-6,9H2,(H3,10,11,12). The molecule has 1 aliphatic carbocycles. The highest BCUT2D eigenvalue weighted by molar-refractivity contribution is 5.72. The molecule has 70 valence electrons. The smallest absolute Gasteiger partial charge is 0.312 e. The van der Waals surface area contributed by atoms with Gasteiger partial charge in [0.25, 0.3) is 0 Å². The van der Waals surface area contributed by atoms with Crippen molar-refractivity contribution in [2.75, 3.05) is 6.54 Å². The molecular weight excluding hydrogens is 154 g/mol. The highest BCUT2D eigenvalue weighted by Crippen LogP contribution is 2.26. The van der Waals surface area contributed by atoms with E-state index in [1.54, 1.807) is 0 Å². The van der Waals surface area contributed by atoms with Gasteiger partial charge in [0.1, 0.15) is 0 Å². The van der Waals surface area contributed by atoms with Crippen LogP contribution in [0.15, 0.2) is 0 Å². The molecule has 0 radical (unpaired) electrons. The van der Waals surface area contributed by atoms with Gasteiger partial charge in [-0.15, -0.1) is 0 Å². The first kappa shape index (κ1) is 9.32. The quantitative estimate of drug-likeness (QED) is 0.559. The second-order valence-corrected chi connectivity index (χ2v) is 3.53. The summed E-state index contributed by atoms with van der Waals surface area (Å²) in [6.07, 6.45) is 5.44. The molecule has 4 heteroatoms. The van der Waals surface area contributed by atoms with Gasteiger partial charge < -0.3 is 16.8 Å². The Kier molecular flexibility index (Phi) is 2.92. The lowest BCUT2D eigenvalue weighted by Gasteiger charge is -2.36. The maximum Gasteiger partial charge on any atom is 0.312 e. The number of primary amides is 1. The van der Waals surface area contributed by atoms with Gasteiger partial charge in [-0.2, -0.15) is 0 Å². The van der Waals surface area contributed by atoms with Crippen LogP contribution in [-0.2, 0) is 0 Å². The maximum atomic E-state index is 10.7. The van der Waals surface area contributed by atoms with Crippen molar-refractivity contribution in [3.8, 4) is 0 Å². The molecule has 0 heterocycles. The van der Waals surface area contributed by atoms with Crippen LogP contribution in [0.2, 0.25) is 0 Å². The Morgan fingerprint density at radius 3 is 2.33 bits per heavy atom. The van der Waals surface area contributed by atoms with Crippen LogP contribution < -0.4 is 16.8 Å². The van der Waals surface area contributed by atoms with Crippen LogP contribution in [0.3, 0.4) is 0 Å². The van der Waals surface area contributed by atoms with E-state index in [-0.39, 0.29) is 5.54 Å². The zero-order chi connectivity index (χ0) is 9.03. The Morgan fingerprint density at radius 2 is 1.92 bits per heavy atom. The van der Waals surface area contributed by atoms with Crippen LogP contribution in [-0.4, -0.2) is 18.1 Å². The number of hydrogen-bond acceptors (Lipinski definition) is 2. The average molecular weight is 171 g/mol. The number of carbonyl (C=O) groups excluding carboxylic acids is 1. The molecule has 0 aromatic heterocycles. The van der Waals surface area contributed by atoms with Crippen molar-refractivity contribution in [1.29, 1.82) is 0 Å². The van der Waals surface area contributed by atoms with Crippen LogP contribution in [0.4, 0.5) is 4.79 Å². The number of nitrogens with two attached hydrogens (primary N) is 2. The number of hydrogen-bond donors (Lipinski definition) is 3. The minimum absolute atomic E-state index is 0.204. The first-order chi connectivity index (χ1) is 5.68. The molecule has 1 aliphatic rings. The van der Waals surface area contributed by atoms with Gasteiger partial charge in [0.15, 0.2) is 0 Å². The van der Waals surface area contributed by atoms with Crippen LogP contribution in [0, 0.1) is 0 Å². The molecular formula is C8H17N3O. The minimum Gasteiger partial charge on any atom is -0.352 e. The third-order valence-electron chi connectivity index (χ3n) is 2.59. The third-order valence-corrected chi connectivity index (χ3v) is 2.59. The van der Waals surface area contributed by atoms with E-state index in [9.17, 15) is 4.79 Å². The fraction of sp³-hybridized carbons (Fsp3) is 0.875. The number of urea groups is 1. The van der Waals surface area contributed by atoms with Crippen molar-refractivity contribution in [3.63, 3.8) is 0 Å². The van der Waals surface area contributed by atoms with Crippen molar-refractivity contribution < 1.29 is 4.79 Å². The number of rotatable bonds is 2. The number of nitrogens with one attached hydrogen (secondary N) is 1. The lowest BCUT2D eigenvalue weighted by Crippen LogP contribution is -2.56. The van der Waals surface area contributed by atoms with Crippen molar-refractivity contribution in [3.05, 3.63) is 0 Å². The summed E-state index contributed by atoms with van der Waals surface area (Å²) in [6, 6.07) is -0.456. The number of amides is 2. The maximum absolute atomic E-state index is 10.7. The Morgan fingerprint density at radius 1 is 1.33 bits per heavy atom. The van der Waals surface area contributed by atoms with E-state index in [2.05, 4.69) is 5.32 Å². The van der Waals surface area contributed by atoms with Gasteiger partial charge in [-0.3, -0.25) is 0 Å². The van der Waals surface area contributed by atoms with Gasteiger partial charge >= 0.3 is 6.03 Å². The Bertz CT molecular complexity index is 164. The Balaban J connectivity index is 2.53. The summed E-state index contributed by atoms with van der Waals surface area (Å²) in [6.45, 7) is 0.496. The summed E-state index contributed by atoms with van der Waals surface area (Å²) in [5.41, 5.74) is 10.5. The zero-order valence-electron chi connectivity index (χ0n) is 7.31. The molecule has 0 bridgehead atoms. The molecule has 1 rings (SSSR count). The highest BCUT2D eigenvalue weighted by Gasteiger charge is 2.31. The molecule has 12 heavy (non-hydrogen) atoms. The minimum atomic E-state index is -0.456. The van der Waals surface area contributed by atoms with Crippen LogP contribution in [0.1, 0.15) is 32.1 Å². The van der Waals surface area contributed by atoms with E-state index in [0.29, 0.717) is 6.54 Å². The van der Waals surface area contributed by atoms with Gasteiger partial charge in [-0.05, 0) is 12.8 Å².